The van der Waals surface area contributed by atoms with E-state index in [1.54, 1.807) is 13.2 Å². The Morgan fingerprint density at radius 3 is 2.72 bits per heavy atom. The highest BCUT2D eigenvalue weighted by Crippen LogP contribution is 2.35. The fourth-order valence-corrected chi connectivity index (χ4v) is 4.25. The number of hydrogen-bond donors (Lipinski definition) is 0. The molecule has 170 valence electrons. The lowest BCUT2D eigenvalue weighted by Crippen LogP contribution is -2.44. The second kappa shape index (κ2) is 10.6. The number of Topliss-reactive ketones (excluding diaryl/α,β-unsaturated/α-hetero) is 1. The van der Waals surface area contributed by atoms with Crippen LogP contribution in [0, 0.1) is 0 Å². The molecule has 1 saturated heterocycles. The molecule has 0 saturated carbocycles. The van der Waals surface area contributed by atoms with E-state index >= 15 is 0 Å². The molecule has 1 fully saturated rings. The molecule has 1 aromatic carbocycles. The standard InChI is InChI=1S/C27H34N2O3/c1-7-19-15-21(17-26(31-6)27(19)25(30)10-4)23(9-3)29-12-11-20(16-22(29)8-2)24-18-32-14-13-28(24)5/h7-9,11-12,15-17,24H,1,10,13-14,18H2,2-6H3/b22-8+,23-9-. The average molecular weight is 435 g/mol. The van der Waals surface area contributed by atoms with Gasteiger partial charge in [0, 0.05) is 36.1 Å². The Hall–Kier alpha value is -2.89. The number of ketones is 1. The van der Waals surface area contributed by atoms with Crippen LogP contribution in [0.3, 0.4) is 0 Å². The van der Waals surface area contributed by atoms with Gasteiger partial charge in [0.05, 0.1) is 31.9 Å². The monoisotopic (exact) mass is 434 g/mol. The highest BCUT2D eigenvalue weighted by Gasteiger charge is 2.26. The molecular weight excluding hydrogens is 400 g/mol. The van der Waals surface area contributed by atoms with Crippen LogP contribution in [-0.4, -0.2) is 55.5 Å². The lowest BCUT2D eigenvalue weighted by molar-refractivity contribution is 0.0204. The Balaban J connectivity index is 2.00. The van der Waals surface area contributed by atoms with Crippen molar-refractivity contribution in [2.75, 3.05) is 33.9 Å². The molecular formula is C27H34N2O3. The third kappa shape index (κ3) is 4.64. The first-order valence-electron chi connectivity index (χ1n) is 11.2. The van der Waals surface area contributed by atoms with E-state index < -0.39 is 0 Å². The topological polar surface area (TPSA) is 42.0 Å². The third-order valence-electron chi connectivity index (χ3n) is 6.09. The maximum absolute atomic E-state index is 12.5. The molecule has 0 bridgehead atoms. The third-order valence-corrected chi connectivity index (χ3v) is 6.09. The van der Waals surface area contributed by atoms with E-state index in [0.29, 0.717) is 24.3 Å². The lowest BCUT2D eigenvalue weighted by atomic mass is 9.95. The Kier molecular flexibility index (Phi) is 7.89. The van der Waals surface area contributed by atoms with Crippen molar-refractivity contribution in [3.8, 4) is 5.75 Å². The summed E-state index contributed by atoms with van der Waals surface area (Å²) in [6, 6.07) is 4.20. The van der Waals surface area contributed by atoms with Gasteiger partial charge in [0.2, 0.25) is 0 Å². The molecule has 1 aromatic rings. The number of carbonyl (C=O) groups excluding carboxylic acids is 1. The molecule has 32 heavy (non-hydrogen) atoms. The van der Waals surface area contributed by atoms with E-state index in [1.165, 1.54) is 5.57 Å². The van der Waals surface area contributed by atoms with E-state index in [1.807, 2.05) is 32.9 Å². The summed E-state index contributed by atoms with van der Waals surface area (Å²) in [5.74, 6) is 0.618. The Morgan fingerprint density at radius 1 is 1.34 bits per heavy atom. The van der Waals surface area contributed by atoms with E-state index in [9.17, 15) is 4.79 Å². The summed E-state index contributed by atoms with van der Waals surface area (Å²) in [4.78, 5) is 17.0. The van der Waals surface area contributed by atoms with E-state index in [-0.39, 0.29) is 11.8 Å². The van der Waals surface area contributed by atoms with Crippen LogP contribution < -0.4 is 4.74 Å². The van der Waals surface area contributed by atoms with E-state index in [0.717, 1.165) is 35.7 Å². The van der Waals surface area contributed by atoms with Crippen molar-refractivity contribution in [1.82, 2.24) is 9.80 Å². The van der Waals surface area contributed by atoms with Crippen LogP contribution >= 0.6 is 0 Å². The van der Waals surface area contributed by atoms with Crippen molar-refractivity contribution in [3.05, 3.63) is 77.2 Å². The van der Waals surface area contributed by atoms with Crippen LogP contribution in [-0.2, 0) is 4.74 Å². The highest BCUT2D eigenvalue weighted by molar-refractivity contribution is 6.02. The summed E-state index contributed by atoms with van der Waals surface area (Å²) in [7, 11) is 3.74. The smallest absolute Gasteiger partial charge is 0.166 e. The molecule has 2 heterocycles. The molecule has 5 heteroatoms. The molecule has 2 aliphatic rings. The predicted molar refractivity (Wildman–Crippen MR) is 131 cm³/mol. The van der Waals surface area contributed by atoms with Gasteiger partial charge in [0.1, 0.15) is 5.75 Å². The molecule has 0 N–H and O–H groups in total. The zero-order valence-corrected chi connectivity index (χ0v) is 19.9. The average Bonchev–Trinajstić information content (AvgIpc) is 2.83. The van der Waals surface area contributed by atoms with Gasteiger partial charge in [-0.1, -0.05) is 31.7 Å². The number of methoxy groups -OCH3 is 1. The zero-order chi connectivity index (χ0) is 23.3. The molecule has 0 aliphatic carbocycles. The predicted octanol–water partition coefficient (Wildman–Crippen LogP) is 5.28. The quantitative estimate of drug-likeness (QED) is 0.546. The molecule has 0 aromatic heterocycles. The summed E-state index contributed by atoms with van der Waals surface area (Å²) < 4.78 is 11.3. The zero-order valence-electron chi connectivity index (χ0n) is 19.9. The minimum Gasteiger partial charge on any atom is -0.496 e. The van der Waals surface area contributed by atoms with E-state index in [2.05, 4.69) is 53.9 Å². The van der Waals surface area contributed by atoms with Crippen molar-refractivity contribution < 1.29 is 14.3 Å². The number of ether oxygens (including phenoxy) is 2. The largest absolute Gasteiger partial charge is 0.496 e. The molecule has 2 aliphatic heterocycles. The Labute approximate surface area is 192 Å². The van der Waals surface area contributed by atoms with Crippen LogP contribution in [0.25, 0.3) is 11.8 Å². The normalized spacial score (nSPS) is 21.0. The molecule has 1 atom stereocenters. The Bertz CT molecular complexity index is 1000. The number of allylic oxidation sites excluding steroid dienone is 3. The number of rotatable bonds is 7. The Morgan fingerprint density at radius 2 is 2.12 bits per heavy atom. The number of hydrogen-bond acceptors (Lipinski definition) is 5. The first-order valence-corrected chi connectivity index (χ1v) is 11.2. The van der Waals surface area contributed by atoms with Crippen molar-refractivity contribution in [1.29, 1.82) is 0 Å². The lowest BCUT2D eigenvalue weighted by Gasteiger charge is -2.36. The van der Waals surface area contributed by atoms with Gasteiger partial charge in [-0.3, -0.25) is 9.69 Å². The maximum Gasteiger partial charge on any atom is 0.166 e. The second-order valence-electron chi connectivity index (χ2n) is 7.91. The fourth-order valence-electron chi connectivity index (χ4n) is 4.25. The summed E-state index contributed by atoms with van der Waals surface area (Å²) in [6.45, 7) is 12.3. The molecule has 0 amide bonds. The number of likely N-dealkylation sites (N-methyl/N-ethyl adjacent to an activating group) is 1. The van der Waals surface area contributed by atoms with Gasteiger partial charge in [-0.25, -0.2) is 0 Å². The molecule has 0 radical (unpaired) electrons. The van der Waals surface area contributed by atoms with Crippen molar-refractivity contribution in [2.45, 2.75) is 33.2 Å². The van der Waals surface area contributed by atoms with Crippen molar-refractivity contribution in [3.63, 3.8) is 0 Å². The molecule has 5 nitrogen and oxygen atoms in total. The highest BCUT2D eigenvalue weighted by atomic mass is 16.5. The van der Waals surface area contributed by atoms with Gasteiger partial charge in [0.25, 0.3) is 0 Å². The summed E-state index contributed by atoms with van der Waals surface area (Å²) in [6.07, 6.45) is 12.8. The van der Waals surface area contributed by atoms with Crippen LogP contribution in [0.15, 0.2) is 60.5 Å². The minimum absolute atomic E-state index is 0.0451. The fraction of sp³-hybridized carbons (Fsp3) is 0.370. The molecule has 3 rings (SSSR count). The molecule has 1 unspecified atom stereocenters. The van der Waals surface area contributed by atoms with Gasteiger partial charge in [-0.05, 0) is 56.3 Å². The van der Waals surface area contributed by atoms with Gasteiger partial charge in [-0.2, -0.15) is 0 Å². The summed E-state index contributed by atoms with van der Waals surface area (Å²) in [5, 5.41) is 0. The van der Waals surface area contributed by atoms with E-state index in [4.69, 9.17) is 9.47 Å². The first kappa shape index (κ1) is 23.8. The van der Waals surface area contributed by atoms with Crippen LogP contribution in [0.1, 0.15) is 48.7 Å². The maximum atomic E-state index is 12.5. The molecule has 0 spiro atoms. The van der Waals surface area contributed by atoms with Crippen LogP contribution in [0.4, 0.5) is 0 Å². The van der Waals surface area contributed by atoms with Gasteiger partial charge in [0.15, 0.2) is 5.78 Å². The first-order chi connectivity index (χ1) is 15.5. The van der Waals surface area contributed by atoms with Gasteiger partial charge < -0.3 is 14.4 Å². The summed E-state index contributed by atoms with van der Waals surface area (Å²) in [5.41, 5.74) is 5.67. The van der Waals surface area contributed by atoms with Gasteiger partial charge >= 0.3 is 0 Å². The van der Waals surface area contributed by atoms with Crippen LogP contribution in [0.2, 0.25) is 0 Å². The number of benzene rings is 1. The van der Waals surface area contributed by atoms with Crippen LogP contribution in [0.5, 0.6) is 5.75 Å². The number of nitrogens with zero attached hydrogens (tertiary/aromatic N) is 2. The van der Waals surface area contributed by atoms with Crippen molar-refractivity contribution in [2.24, 2.45) is 0 Å². The SMILES string of the molecule is C=Cc1cc(/C(=C/C)N2C=CC(C3COCCN3C)=C/C2=C\C)cc(OC)c1C(=O)CC. The van der Waals surface area contributed by atoms with Gasteiger partial charge in [-0.15, -0.1) is 0 Å². The number of morpholine rings is 1. The van der Waals surface area contributed by atoms with Crippen molar-refractivity contribution >= 4 is 17.6 Å². The minimum atomic E-state index is 0.0451. The summed E-state index contributed by atoms with van der Waals surface area (Å²) >= 11 is 0. The second-order valence-corrected chi connectivity index (χ2v) is 7.91. The number of carbonyl (C=O) groups is 1.